The Morgan fingerprint density at radius 3 is 1.25 bits per heavy atom. The van der Waals surface area contributed by atoms with E-state index in [-0.39, 0.29) is 24.7 Å². The third-order valence-electron chi connectivity index (χ3n) is 0. The first-order valence-corrected chi connectivity index (χ1v) is 3.16. The molecule has 0 saturated heterocycles. The number of rotatable bonds is 0. The van der Waals surface area contributed by atoms with Crippen molar-refractivity contribution in [3.8, 4) is 0 Å². The van der Waals surface area contributed by atoms with Crippen LogP contribution in [0.2, 0.25) is 0 Å². The fourth-order valence-corrected chi connectivity index (χ4v) is 0. The molecule has 0 radical (unpaired) electrons. The molecule has 0 N–H and O–H groups in total. The summed E-state index contributed by atoms with van der Waals surface area (Å²) < 4.78 is 16.7. The Morgan fingerprint density at radius 1 is 1.25 bits per heavy atom. The minimum atomic E-state index is 0.0556. The van der Waals surface area contributed by atoms with E-state index >= 15 is 0 Å². The molecule has 0 unspecified atom stereocenters. The van der Waals surface area contributed by atoms with Gasteiger partial charge in [0, 0.05) is 0 Å². The molecular weight excluding hydrogens is 363 g/mol. The summed E-state index contributed by atoms with van der Waals surface area (Å²) in [6.07, 6.45) is 0. The molecule has 0 fully saturated rings. The van der Waals surface area contributed by atoms with Gasteiger partial charge in [-0.2, -0.15) is 0 Å². The molecule has 0 aliphatic rings. The van der Waals surface area contributed by atoms with Crippen LogP contribution in [0.5, 0.6) is 0 Å². The number of hydrogen-bond acceptors (Lipinski definition) is 2. The molecule has 0 amide bonds. The molecule has 24 valence electrons. The summed E-state index contributed by atoms with van der Waals surface area (Å²) >= 11 is 0.356. The summed E-state index contributed by atoms with van der Waals surface area (Å²) in [5, 5.41) is 0. The summed E-state index contributed by atoms with van der Waals surface area (Å²) in [6.45, 7) is 0. The van der Waals surface area contributed by atoms with Gasteiger partial charge in [0.25, 0.3) is 0 Å². The quantitative estimate of drug-likeness (QED) is 0.489. The molecule has 4 heteroatoms. The summed E-state index contributed by atoms with van der Waals surface area (Å²) in [6, 6.07) is 0. The second-order valence-corrected chi connectivity index (χ2v) is 0. The topological polar surface area (TPSA) is 34.1 Å². The zero-order valence-corrected chi connectivity index (χ0v) is 8.56. The van der Waals surface area contributed by atoms with E-state index in [0.717, 1.165) is 0 Å². The molecule has 0 aromatic rings. The van der Waals surface area contributed by atoms with Gasteiger partial charge in [-0.15, -0.1) is 0 Å². The van der Waals surface area contributed by atoms with Crippen molar-refractivity contribution >= 4 is 47.7 Å². The van der Waals surface area contributed by atoms with E-state index in [0.29, 0.717) is 23.0 Å². The zero-order valence-electron chi connectivity index (χ0n) is 1.82. The van der Waals surface area contributed by atoms with Crippen molar-refractivity contribution in [3.63, 3.8) is 0 Å². The summed E-state index contributed by atoms with van der Waals surface area (Å²) in [5.74, 6) is 0. The average Bonchev–Trinajstić information content (AvgIpc) is 1.50. The van der Waals surface area contributed by atoms with Crippen LogP contribution >= 0.6 is 0 Å². The molecule has 0 aliphatic carbocycles. The van der Waals surface area contributed by atoms with Gasteiger partial charge in [-0.05, 0) is 0 Å². The van der Waals surface area contributed by atoms with Gasteiger partial charge in [-0.1, -0.05) is 0 Å². The predicted molar refractivity (Wildman–Crippen MR) is 15.7 cm³/mol. The van der Waals surface area contributed by atoms with Gasteiger partial charge in [-0.25, -0.2) is 0 Å². The maximum atomic E-state index is 8.39. The van der Waals surface area contributed by atoms with Gasteiger partial charge in [0.05, 0.1) is 0 Å². The van der Waals surface area contributed by atoms with E-state index < -0.39 is 0 Å². The van der Waals surface area contributed by atoms with Gasteiger partial charge in [-0.3, -0.25) is 0 Å². The van der Waals surface area contributed by atoms with Crippen LogP contribution in [0.1, 0.15) is 0 Å². The van der Waals surface area contributed by atoms with Crippen LogP contribution in [-0.2, 0) is 5.83 Å². The predicted octanol–water partition coefficient (Wildman–Crippen LogP) is -1.53. The van der Waals surface area contributed by atoms with Gasteiger partial charge in [0.2, 0.25) is 0 Å². The third-order valence-corrected chi connectivity index (χ3v) is 0. The van der Waals surface area contributed by atoms with Crippen molar-refractivity contribution in [1.82, 2.24) is 0 Å². The summed E-state index contributed by atoms with van der Waals surface area (Å²) in [4.78, 5) is 0. The number of hydrogen-bond donors (Lipinski definition) is 0. The molecular formula is H2BiO2Sb. The molecule has 0 aromatic heterocycles. The molecule has 0 atom stereocenters. The van der Waals surface area contributed by atoms with E-state index in [1.807, 2.05) is 0 Å². The van der Waals surface area contributed by atoms with Crippen LogP contribution in [0.25, 0.3) is 0 Å². The standard InChI is InChI=1S/Bi.2O.Sb.2H. The normalized spacial score (nSPS) is 2.00. The first-order valence-electron chi connectivity index (χ1n) is 0.408. The minimum absolute atomic E-state index is 0.0556. The Morgan fingerprint density at radius 2 is 1.25 bits per heavy atom. The second kappa shape index (κ2) is 27.7. The first kappa shape index (κ1) is 9.00. The van der Waals surface area contributed by atoms with Crippen molar-refractivity contribution in [2.24, 2.45) is 0 Å². The Hall–Kier alpha value is 1.30. The third kappa shape index (κ3) is 10.3. The molecule has 2 nitrogen and oxygen atoms in total. The summed E-state index contributed by atoms with van der Waals surface area (Å²) in [5.41, 5.74) is 0. The van der Waals surface area contributed by atoms with Crippen LogP contribution in [-0.4, -0.2) is 47.7 Å². The van der Waals surface area contributed by atoms with E-state index in [1.165, 1.54) is 0 Å². The van der Waals surface area contributed by atoms with Gasteiger partial charge >= 0.3 is 53.6 Å². The first-order chi connectivity index (χ1) is 2.00. The molecule has 0 heterocycles. The van der Waals surface area contributed by atoms with Crippen LogP contribution in [0, 0.1) is 0 Å². The maximum absolute atomic E-state index is 8.39. The fourth-order valence-electron chi connectivity index (χ4n) is 0. The van der Waals surface area contributed by atoms with E-state index in [1.54, 1.807) is 0 Å². The molecule has 4 heavy (non-hydrogen) atoms. The van der Waals surface area contributed by atoms with Crippen LogP contribution in [0.15, 0.2) is 0 Å². The molecule has 0 saturated carbocycles. The Kier molecular flexibility index (Phi) is 62.3. The van der Waals surface area contributed by atoms with Gasteiger partial charge < -0.3 is 0 Å². The van der Waals surface area contributed by atoms with Crippen LogP contribution in [0.4, 0.5) is 0 Å². The van der Waals surface area contributed by atoms with Crippen molar-refractivity contribution < 1.29 is 5.83 Å². The zero-order chi connectivity index (χ0) is 4.00. The second-order valence-electron chi connectivity index (χ2n) is 0. The van der Waals surface area contributed by atoms with Crippen molar-refractivity contribution in [2.75, 3.05) is 0 Å². The monoisotopic (exact) mass is 364 g/mol. The Balaban J connectivity index is 0. The molecule has 0 spiro atoms. The van der Waals surface area contributed by atoms with Crippen LogP contribution < -0.4 is 0 Å². The van der Waals surface area contributed by atoms with Crippen molar-refractivity contribution in [2.45, 2.75) is 0 Å². The summed E-state index contributed by atoms with van der Waals surface area (Å²) in [7, 11) is 0. The SMILES string of the molecule is [O]=[BiH].[O]=[SbH]. The van der Waals surface area contributed by atoms with E-state index in [2.05, 4.69) is 0 Å². The van der Waals surface area contributed by atoms with Crippen LogP contribution in [0.3, 0.4) is 0 Å². The van der Waals surface area contributed by atoms with Crippen molar-refractivity contribution in [3.05, 3.63) is 0 Å². The van der Waals surface area contributed by atoms with E-state index in [9.17, 15) is 0 Å². The molecule has 0 aliphatic heterocycles. The van der Waals surface area contributed by atoms with Crippen molar-refractivity contribution in [1.29, 1.82) is 0 Å². The van der Waals surface area contributed by atoms with Gasteiger partial charge in [0.1, 0.15) is 0 Å². The molecule has 0 aromatic carbocycles. The Bertz CT molecular complexity index is 8.00. The van der Waals surface area contributed by atoms with E-state index in [4.69, 9.17) is 5.83 Å². The molecule has 0 rings (SSSR count). The van der Waals surface area contributed by atoms with Gasteiger partial charge in [0.15, 0.2) is 0 Å². The fraction of sp³-hybridized carbons (Fsp3) is 0. The molecule has 0 bridgehead atoms. The average molecular weight is 365 g/mol. The Labute approximate surface area is 53.1 Å².